The van der Waals surface area contributed by atoms with Gasteiger partial charge >= 0.3 is 6.09 Å². The zero-order valence-electron chi connectivity index (χ0n) is 15.9. The summed E-state index contributed by atoms with van der Waals surface area (Å²) in [4.78, 5) is 28.3. The maximum Gasteiger partial charge on any atom is 0.410 e. The van der Waals surface area contributed by atoms with Gasteiger partial charge in [0.05, 0.1) is 25.0 Å². The Bertz CT molecular complexity index is 662. The van der Waals surface area contributed by atoms with Crippen LogP contribution in [0.1, 0.15) is 39.0 Å². The molecule has 9 nitrogen and oxygen atoms in total. The normalized spacial score (nSPS) is 33.1. The summed E-state index contributed by atoms with van der Waals surface area (Å²) in [6.07, 6.45) is 4.55. The van der Waals surface area contributed by atoms with Gasteiger partial charge in [0.25, 0.3) is 5.91 Å². The topological polar surface area (TPSA) is 105 Å². The van der Waals surface area contributed by atoms with Crippen molar-refractivity contribution < 1.29 is 27.5 Å². The first kappa shape index (κ1) is 20.3. The molecular weight excluding hydrogens is 374 g/mol. The van der Waals surface area contributed by atoms with Crippen molar-refractivity contribution in [2.75, 3.05) is 32.6 Å². The van der Waals surface area contributed by atoms with Gasteiger partial charge in [-0.1, -0.05) is 0 Å². The lowest BCUT2D eigenvalue weighted by molar-refractivity contribution is -0.137. The molecule has 10 heteroatoms. The molecule has 0 spiro atoms. The summed E-state index contributed by atoms with van der Waals surface area (Å²) in [5.41, 5.74) is 0. The minimum atomic E-state index is -3.40. The summed E-state index contributed by atoms with van der Waals surface area (Å²) in [6, 6.07) is -0.683. The van der Waals surface area contributed by atoms with Gasteiger partial charge in [0, 0.05) is 25.2 Å². The van der Waals surface area contributed by atoms with Gasteiger partial charge in [-0.2, -0.15) is 0 Å². The molecule has 27 heavy (non-hydrogen) atoms. The highest BCUT2D eigenvalue weighted by molar-refractivity contribution is 7.88. The molecule has 2 amide bonds. The van der Waals surface area contributed by atoms with E-state index in [1.165, 1.54) is 0 Å². The maximum atomic E-state index is 12.6. The Morgan fingerprint density at radius 3 is 2.48 bits per heavy atom. The van der Waals surface area contributed by atoms with Crippen LogP contribution >= 0.6 is 0 Å². The Kier molecular flexibility index (Phi) is 6.27. The predicted octanol–water partition coefficient (Wildman–Crippen LogP) is 0.305. The Balaban J connectivity index is 1.79. The molecule has 3 heterocycles. The zero-order chi connectivity index (χ0) is 19.6. The number of carbonyl (C=O) groups excluding carboxylic acids is 2. The van der Waals surface area contributed by atoms with Gasteiger partial charge in [-0.25, -0.2) is 17.9 Å². The second kappa shape index (κ2) is 8.32. The van der Waals surface area contributed by atoms with Crippen molar-refractivity contribution in [2.24, 2.45) is 0 Å². The molecule has 1 unspecified atom stereocenters. The average molecular weight is 404 g/mol. The third-order valence-electron chi connectivity index (χ3n) is 5.71. The van der Waals surface area contributed by atoms with E-state index < -0.39 is 28.2 Å². The number of rotatable bonds is 3. The summed E-state index contributed by atoms with van der Waals surface area (Å²) < 4.78 is 37.3. The van der Waals surface area contributed by atoms with E-state index in [-0.39, 0.29) is 31.3 Å². The molecule has 0 aromatic rings. The van der Waals surface area contributed by atoms with Crippen molar-refractivity contribution in [1.29, 1.82) is 0 Å². The molecule has 1 aliphatic carbocycles. The first-order valence-electron chi connectivity index (χ1n) is 9.60. The quantitative estimate of drug-likeness (QED) is 0.727. The van der Waals surface area contributed by atoms with E-state index >= 15 is 0 Å². The minimum Gasteiger partial charge on any atom is -0.439 e. The first-order valence-corrected chi connectivity index (χ1v) is 11.5. The van der Waals surface area contributed by atoms with Gasteiger partial charge in [-0.15, -0.1) is 0 Å². The van der Waals surface area contributed by atoms with Gasteiger partial charge in [-0.3, -0.25) is 4.79 Å². The van der Waals surface area contributed by atoms with Gasteiger partial charge in [0.15, 0.2) is 6.61 Å². The largest absolute Gasteiger partial charge is 0.439 e. The van der Waals surface area contributed by atoms with E-state index in [1.54, 1.807) is 9.80 Å². The van der Waals surface area contributed by atoms with E-state index in [1.807, 2.05) is 6.92 Å². The molecule has 0 aromatic heterocycles. The van der Waals surface area contributed by atoms with Crippen LogP contribution in [0.25, 0.3) is 0 Å². The lowest BCUT2D eigenvalue weighted by atomic mass is 9.92. The highest BCUT2D eigenvalue weighted by atomic mass is 32.2. The molecule has 2 bridgehead atoms. The second-order valence-electron chi connectivity index (χ2n) is 7.54. The van der Waals surface area contributed by atoms with Crippen molar-refractivity contribution in [1.82, 2.24) is 14.5 Å². The average Bonchev–Trinajstić information content (AvgIpc) is 3.00. The Morgan fingerprint density at radius 1 is 1.15 bits per heavy atom. The van der Waals surface area contributed by atoms with E-state index in [0.29, 0.717) is 19.5 Å². The Morgan fingerprint density at radius 2 is 1.85 bits per heavy atom. The molecule has 154 valence electrons. The number of amides is 2. The SMILES string of the molecule is CCN1C(=O)OCC(=O)N2CC[C@H](NS(C)(=O)=O)C2COC2CCC1CC2. The molecule has 3 saturated heterocycles. The Labute approximate surface area is 160 Å². The number of nitrogens with one attached hydrogen (secondary N) is 1. The number of ether oxygens (including phenoxy) is 2. The van der Waals surface area contributed by atoms with Crippen LogP contribution < -0.4 is 4.72 Å². The molecule has 4 aliphatic rings. The van der Waals surface area contributed by atoms with E-state index in [0.717, 1.165) is 31.9 Å². The molecular formula is C17H29N3O6S. The monoisotopic (exact) mass is 403 g/mol. The smallest absolute Gasteiger partial charge is 0.410 e. The lowest BCUT2D eigenvalue weighted by Gasteiger charge is -2.35. The third-order valence-corrected chi connectivity index (χ3v) is 6.44. The van der Waals surface area contributed by atoms with Crippen molar-refractivity contribution >= 4 is 22.0 Å². The fraction of sp³-hybridized carbons (Fsp3) is 0.882. The van der Waals surface area contributed by atoms with Crippen molar-refractivity contribution in [3.05, 3.63) is 0 Å². The minimum absolute atomic E-state index is 0.0631. The van der Waals surface area contributed by atoms with E-state index in [4.69, 9.17) is 9.47 Å². The number of hydrogen-bond donors (Lipinski definition) is 1. The summed E-state index contributed by atoms with van der Waals surface area (Å²) in [5.74, 6) is -0.322. The summed E-state index contributed by atoms with van der Waals surface area (Å²) >= 11 is 0. The highest BCUT2D eigenvalue weighted by Crippen LogP contribution is 2.28. The third kappa shape index (κ3) is 4.91. The van der Waals surface area contributed by atoms with Crippen molar-refractivity contribution in [3.8, 4) is 0 Å². The van der Waals surface area contributed by atoms with Gasteiger partial charge in [-0.05, 0) is 39.0 Å². The zero-order valence-corrected chi connectivity index (χ0v) is 16.7. The van der Waals surface area contributed by atoms with Crippen molar-refractivity contribution in [2.45, 2.75) is 63.3 Å². The fourth-order valence-electron chi connectivity index (χ4n) is 4.37. The van der Waals surface area contributed by atoms with Gasteiger partial charge in [0.2, 0.25) is 10.0 Å². The summed E-state index contributed by atoms with van der Waals surface area (Å²) in [7, 11) is -3.40. The van der Waals surface area contributed by atoms with Crippen LogP contribution in [0.15, 0.2) is 0 Å². The van der Waals surface area contributed by atoms with Crippen LogP contribution in [0.2, 0.25) is 0 Å². The van der Waals surface area contributed by atoms with Crippen LogP contribution in [-0.2, 0) is 24.3 Å². The first-order chi connectivity index (χ1) is 12.8. The molecule has 4 rings (SSSR count). The molecule has 2 atom stereocenters. The van der Waals surface area contributed by atoms with E-state index in [2.05, 4.69) is 4.72 Å². The standard InChI is InChI=1S/C17H29N3O6S/c1-3-19-12-4-6-13(7-5-12)25-10-15-14(18-27(2,23)24)8-9-20(15)16(21)11-26-17(19)22/h12-15,18H,3-11H2,1-2H3/t12?,13?,14-,15?/m0/s1. The highest BCUT2D eigenvalue weighted by Gasteiger charge is 2.40. The van der Waals surface area contributed by atoms with Crippen molar-refractivity contribution in [3.63, 3.8) is 0 Å². The van der Waals surface area contributed by atoms with Crippen LogP contribution in [0.4, 0.5) is 4.79 Å². The molecule has 3 aliphatic heterocycles. The Hall–Kier alpha value is -1.39. The molecule has 1 N–H and O–H groups in total. The number of sulfonamides is 1. The number of hydrogen-bond acceptors (Lipinski definition) is 6. The van der Waals surface area contributed by atoms with Crippen LogP contribution in [0.5, 0.6) is 0 Å². The molecule has 0 radical (unpaired) electrons. The number of carbonyl (C=O) groups is 2. The van der Waals surface area contributed by atoms with Gasteiger partial charge in [0.1, 0.15) is 0 Å². The van der Waals surface area contributed by atoms with E-state index in [9.17, 15) is 18.0 Å². The predicted molar refractivity (Wildman–Crippen MR) is 97.6 cm³/mol. The second-order valence-corrected chi connectivity index (χ2v) is 9.32. The maximum absolute atomic E-state index is 12.6. The molecule has 1 saturated carbocycles. The van der Waals surface area contributed by atoms with Crippen LogP contribution in [0, 0.1) is 0 Å². The fourth-order valence-corrected chi connectivity index (χ4v) is 5.19. The van der Waals surface area contributed by atoms with Crippen LogP contribution in [-0.4, -0.2) is 87.0 Å². The molecule has 0 aromatic carbocycles. The molecule has 4 fully saturated rings. The van der Waals surface area contributed by atoms with Crippen LogP contribution in [0.3, 0.4) is 0 Å². The lowest BCUT2D eigenvalue weighted by Crippen LogP contribution is -2.50. The summed E-state index contributed by atoms with van der Waals surface area (Å²) in [5, 5.41) is 0. The number of fused-ring (bicyclic) bond motifs is 7. The number of nitrogens with zero attached hydrogens (tertiary/aromatic N) is 2. The summed E-state index contributed by atoms with van der Waals surface area (Å²) in [6.45, 7) is 2.78. The van der Waals surface area contributed by atoms with Gasteiger partial charge < -0.3 is 19.3 Å².